The Bertz CT molecular complexity index is 401. The highest BCUT2D eigenvalue weighted by atomic mass is 79.9. The lowest BCUT2D eigenvalue weighted by atomic mass is 9.99. The summed E-state index contributed by atoms with van der Waals surface area (Å²) in [5, 5.41) is 0. The quantitative estimate of drug-likeness (QED) is 0.646. The molecule has 1 unspecified atom stereocenters. The lowest BCUT2D eigenvalue weighted by Crippen LogP contribution is -2.38. The zero-order valence-electron chi connectivity index (χ0n) is 10.4. The maximum atomic E-state index is 5.42. The second-order valence-electron chi connectivity index (χ2n) is 4.41. The number of ether oxygens (including phenoxy) is 1. The summed E-state index contributed by atoms with van der Waals surface area (Å²) in [6.45, 7) is 2.74. The number of anilines is 2. The van der Waals surface area contributed by atoms with Gasteiger partial charge >= 0.3 is 0 Å². The summed E-state index contributed by atoms with van der Waals surface area (Å²) < 4.78 is 6.05. The van der Waals surface area contributed by atoms with Gasteiger partial charge in [-0.1, -0.05) is 0 Å². The van der Waals surface area contributed by atoms with E-state index in [0.717, 1.165) is 36.4 Å². The summed E-state index contributed by atoms with van der Waals surface area (Å²) >= 11 is 3.50. The second kappa shape index (κ2) is 6.31. The van der Waals surface area contributed by atoms with Crippen LogP contribution in [0.15, 0.2) is 10.8 Å². The van der Waals surface area contributed by atoms with Crippen molar-refractivity contribution in [2.45, 2.75) is 12.8 Å². The van der Waals surface area contributed by atoms with Crippen molar-refractivity contribution < 1.29 is 4.74 Å². The lowest BCUT2D eigenvalue weighted by molar-refractivity contribution is 0.143. The Hall–Kier alpha value is -0.920. The van der Waals surface area contributed by atoms with E-state index in [-0.39, 0.29) is 0 Å². The number of nitrogens with one attached hydrogen (secondary N) is 1. The fraction of sp³-hybridized carbons (Fsp3) is 0.636. The molecule has 0 bridgehead atoms. The fourth-order valence-electron chi connectivity index (χ4n) is 2.31. The van der Waals surface area contributed by atoms with E-state index in [9.17, 15) is 0 Å². The number of piperidine rings is 1. The third-order valence-corrected chi connectivity index (χ3v) is 3.86. The van der Waals surface area contributed by atoms with Gasteiger partial charge in [0.25, 0.3) is 0 Å². The van der Waals surface area contributed by atoms with Crippen LogP contribution in [-0.4, -0.2) is 36.8 Å². The van der Waals surface area contributed by atoms with Gasteiger partial charge < -0.3 is 15.1 Å². The predicted molar refractivity (Wildman–Crippen MR) is 74.4 cm³/mol. The smallest absolute Gasteiger partial charge is 0.159 e. The van der Waals surface area contributed by atoms with Crippen LogP contribution in [0, 0.1) is 5.92 Å². The Balaban J connectivity index is 2.15. The number of halogens is 1. The van der Waals surface area contributed by atoms with Gasteiger partial charge in [-0.3, -0.25) is 0 Å². The average molecular weight is 316 g/mol. The molecule has 1 aliphatic rings. The number of rotatable bonds is 4. The van der Waals surface area contributed by atoms with Crippen LogP contribution in [0.5, 0.6) is 0 Å². The first-order chi connectivity index (χ1) is 8.76. The third kappa shape index (κ3) is 2.90. The van der Waals surface area contributed by atoms with Crippen molar-refractivity contribution >= 4 is 27.6 Å². The van der Waals surface area contributed by atoms with E-state index in [1.807, 2.05) is 0 Å². The molecule has 6 nitrogen and oxygen atoms in total. The minimum Gasteiger partial charge on any atom is -0.384 e. The van der Waals surface area contributed by atoms with Gasteiger partial charge in [-0.25, -0.2) is 15.8 Å². The molecule has 1 aliphatic heterocycles. The highest BCUT2D eigenvalue weighted by Crippen LogP contribution is 2.31. The van der Waals surface area contributed by atoms with Gasteiger partial charge in [0.15, 0.2) is 5.82 Å². The molecule has 7 heteroatoms. The van der Waals surface area contributed by atoms with Gasteiger partial charge in [0.05, 0.1) is 6.61 Å². The average Bonchev–Trinajstić information content (AvgIpc) is 2.40. The molecule has 1 atom stereocenters. The number of nitrogens with two attached hydrogens (primary N) is 1. The molecule has 100 valence electrons. The molecule has 0 spiro atoms. The molecule has 3 N–H and O–H groups in total. The summed E-state index contributed by atoms with van der Waals surface area (Å²) in [6, 6.07) is 0. The Kier molecular flexibility index (Phi) is 4.73. The molecular formula is C11H18BrN5O. The SMILES string of the molecule is COCC1CCCN(c2ncnc(NN)c2Br)C1. The summed E-state index contributed by atoms with van der Waals surface area (Å²) in [7, 11) is 1.75. The predicted octanol–water partition coefficient (Wildman–Crippen LogP) is 1.39. The van der Waals surface area contributed by atoms with Crippen molar-refractivity contribution in [1.29, 1.82) is 0 Å². The molecule has 1 saturated heterocycles. The minimum absolute atomic E-state index is 0.555. The molecule has 0 aromatic carbocycles. The van der Waals surface area contributed by atoms with Gasteiger partial charge in [0.1, 0.15) is 16.6 Å². The second-order valence-corrected chi connectivity index (χ2v) is 5.21. The summed E-state index contributed by atoms with van der Waals surface area (Å²) in [4.78, 5) is 10.6. The molecule has 0 amide bonds. The van der Waals surface area contributed by atoms with E-state index in [4.69, 9.17) is 10.6 Å². The molecule has 0 aliphatic carbocycles. The van der Waals surface area contributed by atoms with Crippen LogP contribution in [0.2, 0.25) is 0 Å². The van der Waals surface area contributed by atoms with Crippen molar-refractivity contribution in [1.82, 2.24) is 9.97 Å². The van der Waals surface area contributed by atoms with Crippen molar-refractivity contribution in [3.05, 3.63) is 10.8 Å². The van der Waals surface area contributed by atoms with E-state index < -0.39 is 0 Å². The molecule has 2 rings (SSSR count). The standard InChI is InChI=1S/C11H18BrN5O/c1-18-6-8-3-2-4-17(5-8)11-9(12)10(16-13)14-7-15-11/h7-8H,2-6,13H2,1H3,(H,14,15,16). The number of hydrazine groups is 1. The van der Waals surface area contributed by atoms with Crippen molar-refractivity contribution in [3.8, 4) is 0 Å². The number of methoxy groups -OCH3 is 1. The fourth-order valence-corrected chi connectivity index (χ4v) is 2.88. The highest BCUT2D eigenvalue weighted by molar-refractivity contribution is 9.10. The monoisotopic (exact) mass is 315 g/mol. The Morgan fingerprint density at radius 1 is 1.61 bits per heavy atom. The van der Waals surface area contributed by atoms with Crippen molar-refractivity contribution in [2.24, 2.45) is 11.8 Å². The molecule has 0 saturated carbocycles. The molecule has 1 fully saturated rings. The van der Waals surface area contributed by atoms with Crippen molar-refractivity contribution in [3.63, 3.8) is 0 Å². The molecule has 0 radical (unpaired) electrons. The Morgan fingerprint density at radius 3 is 3.17 bits per heavy atom. The lowest BCUT2D eigenvalue weighted by Gasteiger charge is -2.33. The topological polar surface area (TPSA) is 76.3 Å². The first kappa shape index (κ1) is 13.5. The summed E-state index contributed by atoms with van der Waals surface area (Å²) in [5.74, 6) is 7.46. The Morgan fingerprint density at radius 2 is 2.44 bits per heavy atom. The Labute approximate surface area is 115 Å². The number of nitrogen functional groups attached to an aromatic ring is 1. The normalized spacial score (nSPS) is 19.9. The van der Waals surface area contributed by atoms with Crippen LogP contribution in [0.1, 0.15) is 12.8 Å². The zero-order chi connectivity index (χ0) is 13.0. The number of nitrogens with zero attached hydrogens (tertiary/aromatic N) is 3. The number of hydrogen-bond donors (Lipinski definition) is 2. The van der Waals surface area contributed by atoms with Gasteiger partial charge in [0, 0.05) is 20.2 Å². The van der Waals surface area contributed by atoms with E-state index in [2.05, 4.69) is 36.2 Å². The van der Waals surface area contributed by atoms with Gasteiger partial charge in [0.2, 0.25) is 0 Å². The van der Waals surface area contributed by atoms with Crippen LogP contribution < -0.4 is 16.2 Å². The number of aromatic nitrogens is 2. The van der Waals surface area contributed by atoms with E-state index in [1.165, 1.54) is 12.7 Å². The molecule has 18 heavy (non-hydrogen) atoms. The molecular weight excluding hydrogens is 298 g/mol. The van der Waals surface area contributed by atoms with Gasteiger partial charge in [-0.05, 0) is 34.7 Å². The van der Waals surface area contributed by atoms with Crippen LogP contribution in [0.25, 0.3) is 0 Å². The van der Waals surface area contributed by atoms with Crippen LogP contribution in [-0.2, 0) is 4.74 Å². The highest BCUT2D eigenvalue weighted by Gasteiger charge is 2.23. The molecule has 1 aromatic rings. The third-order valence-electron chi connectivity index (χ3n) is 3.13. The largest absolute Gasteiger partial charge is 0.384 e. The van der Waals surface area contributed by atoms with Crippen LogP contribution in [0.4, 0.5) is 11.6 Å². The zero-order valence-corrected chi connectivity index (χ0v) is 12.0. The van der Waals surface area contributed by atoms with Crippen molar-refractivity contribution in [2.75, 3.05) is 37.1 Å². The first-order valence-corrected chi connectivity index (χ1v) is 6.76. The molecule has 1 aromatic heterocycles. The van der Waals surface area contributed by atoms with Gasteiger partial charge in [-0.15, -0.1) is 0 Å². The van der Waals surface area contributed by atoms with Gasteiger partial charge in [-0.2, -0.15) is 0 Å². The van der Waals surface area contributed by atoms with E-state index >= 15 is 0 Å². The molecule has 2 heterocycles. The minimum atomic E-state index is 0.555. The van der Waals surface area contributed by atoms with Crippen LogP contribution in [0.3, 0.4) is 0 Å². The summed E-state index contributed by atoms with van der Waals surface area (Å²) in [6.07, 6.45) is 3.88. The first-order valence-electron chi connectivity index (χ1n) is 5.97. The van der Waals surface area contributed by atoms with E-state index in [0.29, 0.717) is 11.7 Å². The number of hydrogen-bond acceptors (Lipinski definition) is 6. The van der Waals surface area contributed by atoms with Crippen LogP contribution >= 0.6 is 15.9 Å². The maximum Gasteiger partial charge on any atom is 0.159 e. The van der Waals surface area contributed by atoms with E-state index in [1.54, 1.807) is 7.11 Å². The maximum absolute atomic E-state index is 5.42. The summed E-state index contributed by atoms with van der Waals surface area (Å²) in [5.41, 5.74) is 2.56.